The third kappa shape index (κ3) is 1.24. The van der Waals surface area contributed by atoms with Crippen LogP contribution in [0.3, 0.4) is 0 Å². The number of anilines is 1. The minimum Gasteiger partial charge on any atom is -0.384 e. The van der Waals surface area contributed by atoms with Crippen LogP contribution < -0.4 is 5.32 Å². The minimum atomic E-state index is 1.11. The van der Waals surface area contributed by atoms with Crippen LogP contribution in [0.25, 0.3) is 0 Å². The molecule has 1 heterocycles. The van der Waals surface area contributed by atoms with E-state index in [-0.39, 0.29) is 0 Å². The van der Waals surface area contributed by atoms with E-state index < -0.39 is 0 Å². The van der Waals surface area contributed by atoms with E-state index in [1.54, 1.807) is 0 Å². The van der Waals surface area contributed by atoms with E-state index in [9.17, 15) is 0 Å². The lowest BCUT2D eigenvalue weighted by Crippen LogP contribution is -1.91. The zero-order chi connectivity index (χ0) is 7.84. The van der Waals surface area contributed by atoms with E-state index in [1.807, 2.05) is 0 Å². The molecular formula is C9H10IN. The number of hydrogen-bond acceptors (Lipinski definition) is 1. The van der Waals surface area contributed by atoms with Gasteiger partial charge < -0.3 is 5.32 Å². The molecule has 58 valence electrons. The molecule has 0 atom stereocenters. The number of nitrogens with one attached hydrogen (secondary N) is 1. The third-order valence-corrected chi connectivity index (χ3v) is 3.26. The highest BCUT2D eigenvalue weighted by Gasteiger charge is 2.10. The van der Waals surface area contributed by atoms with E-state index in [0.29, 0.717) is 0 Å². The largest absolute Gasteiger partial charge is 0.384 e. The van der Waals surface area contributed by atoms with Crippen molar-refractivity contribution in [3.05, 3.63) is 26.8 Å². The SMILES string of the molecule is Cc1cc2c(cc1I)CCN2. The van der Waals surface area contributed by atoms with Crippen LogP contribution in [-0.4, -0.2) is 6.54 Å². The van der Waals surface area contributed by atoms with Gasteiger partial charge in [-0.05, 0) is 59.2 Å². The summed E-state index contributed by atoms with van der Waals surface area (Å²) in [7, 11) is 0. The average Bonchev–Trinajstić information content (AvgIpc) is 2.36. The van der Waals surface area contributed by atoms with Gasteiger partial charge in [-0.1, -0.05) is 0 Å². The van der Waals surface area contributed by atoms with Crippen LogP contribution in [-0.2, 0) is 6.42 Å². The normalized spacial score (nSPS) is 14.4. The molecule has 0 unspecified atom stereocenters. The Hall–Kier alpha value is -0.250. The first kappa shape index (κ1) is 7.40. The number of halogens is 1. The Morgan fingerprint density at radius 3 is 3.09 bits per heavy atom. The van der Waals surface area contributed by atoms with Gasteiger partial charge in [-0.15, -0.1) is 0 Å². The van der Waals surface area contributed by atoms with Crippen LogP contribution >= 0.6 is 22.6 Å². The van der Waals surface area contributed by atoms with Crippen LogP contribution in [0.2, 0.25) is 0 Å². The maximum atomic E-state index is 3.36. The maximum Gasteiger partial charge on any atom is 0.0376 e. The van der Waals surface area contributed by atoms with E-state index in [4.69, 9.17) is 0 Å². The molecule has 1 aromatic carbocycles. The van der Waals surface area contributed by atoms with Gasteiger partial charge >= 0.3 is 0 Å². The third-order valence-electron chi connectivity index (χ3n) is 2.09. The lowest BCUT2D eigenvalue weighted by Gasteiger charge is -2.02. The molecule has 0 amide bonds. The van der Waals surface area contributed by atoms with Gasteiger partial charge in [-0.3, -0.25) is 0 Å². The number of benzene rings is 1. The van der Waals surface area contributed by atoms with Crippen molar-refractivity contribution in [2.45, 2.75) is 13.3 Å². The molecule has 0 bridgehead atoms. The van der Waals surface area contributed by atoms with Crippen molar-refractivity contribution in [2.75, 3.05) is 11.9 Å². The second kappa shape index (κ2) is 2.66. The van der Waals surface area contributed by atoms with Crippen molar-refractivity contribution in [2.24, 2.45) is 0 Å². The highest BCUT2D eigenvalue weighted by atomic mass is 127. The monoisotopic (exact) mass is 259 g/mol. The highest BCUT2D eigenvalue weighted by molar-refractivity contribution is 14.1. The molecule has 1 aromatic rings. The molecule has 2 rings (SSSR count). The molecule has 0 saturated heterocycles. The number of hydrogen-bond donors (Lipinski definition) is 1. The summed E-state index contributed by atoms with van der Waals surface area (Å²) in [5, 5.41) is 3.36. The quantitative estimate of drug-likeness (QED) is 0.706. The van der Waals surface area contributed by atoms with Crippen molar-refractivity contribution >= 4 is 28.3 Å². The van der Waals surface area contributed by atoms with Crippen LogP contribution in [0, 0.1) is 10.5 Å². The minimum absolute atomic E-state index is 1.11. The Bertz CT molecular complexity index is 265. The van der Waals surface area contributed by atoms with Crippen molar-refractivity contribution in [3.8, 4) is 0 Å². The fraction of sp³-hybridized carbons (Fsp3) is 0.333. The molecule has 0 radical (unpaired) electrons. The molecule has 1 aliphatic heterocycles. The van der Waals surface area contributed by atoms with Gasteiger partial charge in [0.15, 0.2) is 0 Å². The number of rotatable bonds is 0. The number of fused-ring (bicyclic) bond motifs is 1. The Morgan fingerprint density at radius 2 is 2.27 bits per heavy atom. The molecule has 1 nitrogen and oxygen atoms in total. The number of aryl methyl sites for hydroxylation is 1. The molecular weight excluding hydrogens is 249 g/mol. The molecule has 0 aromatic heterocycles. The zero-order valence-electron chi connectivity index (χ0n) is 6.45. The van der Waals surface area contributed by atoms with Gasteiger partial charge in [0.25, 0.3) is 0 Å². The summed E-state index contributed by atoms with van der Waals surface area (Å²) >= 11 is 2.39. The maximum absolute atomic E-state index is 3.36. The van der Waals surface area contributed by atoms with E-state index in [2.05, 4.69) is 47.0 Å². The summed E-state index contributed by atoms with van der Waals surface area (Å²) in [6.45, 7) is 3.26. The second-order valence-electron chi connectivity index (χ2n) is 2.94. The molecule has 0 aliphatic carbocycles. The Labute approximate surface area is 80.3 Å². The van der Waals surface area contributed by atoms with Crippen LogP contribution in [0.1, 0.15) is 11.1 Å². The van der Waals surface area contributed by atoms with Gasteiger partial charge in [0, 0.05) is 15.8 Å². The fourth-order valence-corrected chi connectivity index (χ4v) is 1.96. The Morgan fingerprint density at radius 1 is 1.45 bits per heavy atom. The smallest absolute Gasteiger partial charge is 0.0376 e. The molecule has 0 spiro atoms. The summed E-state index contributed by atoms with van der Waals surface area (Å²) < 4.78 is 1.38. The first-order valence-electron chi connectivity index (χ1n) is 3.80. The van der Waals surface area contributed by atoms with E-state index in [0.717, 1.165) is 6.54 Å². The van der Waals surface area contributed by atoms with Gasteiger partial charge in [0.05, 0.1) is 0 Å². The molecule has 1 aliphatic rings. The average molecular weight is 259 g/mol. The van der Waals surface area contributed by atoms with Gasteiger partial charge in [0.2, 0.25) is 0 Å². The van der Waals surface area contributed by atoms with Crippen LogP contribution in [0.15, 0.2) is 12.1 Å². The summed E-state index contributed by atoms with van der Waals surface area (Å²) in [5.41, 5.74) is 4.18. The second-order valence-corrected chi connectivity index (χ2v) is 4.10. The van der Waals surface area contributed by atoms with Crippen LogP contribution in [0.4, 0.5) is 5.69 Å². The standard InChI is InChI=1S/C9H10IN/c1-6-4-9-7(2-3-11-9)5-8(6)10/h4-5,11H,2-3H2,1H3. The first-order chi connectivity index (χ1) is 5.27. The van der Waals surface area contributed by atoms with E-state index in [1.165, 1.54) is 26.8 Å². The molecule has 0 saturated carbocycles. The van der Waals surface area contributed by atoms with Gasteiger partial charge in [-0.25, -0.2) is 0 Å². The molecule has 0 fully saturated rings. The summed E-state index contributed by atoms with van der Waals surface area (Å²) in [6.07, 6.45) is 1.19. The predicted octanol–water partition coefficient (Wildman–Crippen LogP) is 2.57. The fourth-order valence-electron chi connectivity index (χ4n) is 1.43. The van der Waals surface area contributed by atoms with Gasteiger partial charge in [0.1, 0.15) is 0 Å². The van der Waals surface area contributed by atoms with Crippen molar-refractivity contribution in [3.63, 3.8) is 0 Å². The summed E-state index contributed by atoms with van der Waals surface area (Å²) in [6, 6.07) is 4.52. The summed E-state index contributed by atoms with van der Waals surface area (Å²) in [5.74, 6) is 0. The van der Waals surface area contributed by atoms with Crippen molar-refractivity contribution in [1.29, 1.82) is 0 Å². The Kier molecular flexibility index (Phi) is 1.79. The predicted molar refractivity (Wildman–Crippen MR) is 56.1 cm³/mol. The lowest BCUT2D eigenvalue weighted by atomic mass is 10.1. The van der Waals surface area contributed by atoms with E-state index >= 15 is 0 Å². The topological polar surface area (TPSA) is 12.0 Å². The van der Waals surface area contributed by atoms with Gasteiger partial charge in [-0.2, -0.15) is 0 Å². The molecule has 2 heteroatoms. The first-order valence-corrected chi connectivity index (χ1v) is 4.88. The molecule has 1 N–H and O–H groups in total. The highest BCUT2D eigenvalue weighted by Crippen LogP contribution is 2.26. The lowest BCUT2D eigenvalue weighted by molar-refractivity contribution is 1.10. The Balaban J connectivity index is 2.57. The summed E-state index contributed by atoms with van der Waals surface area (Å²) in [4.78, 5) is 0. The zero-order valence-corrected chi connectivity index (χ0v) is 8.60. The van der Waals surface area contributed by atoms with Crippen molar-refractivity contribution < 1.29 is 0 Å². The molecule has 11 heavy (non-hydrogen) atoms. The van der Waals surface area contributed by atoms with Crippen LogP contribution in [0.5, 0.6) is 0 Å². The van der Waals surface area contributed by atoms with Crippen molar-refractivity contribution in [1.82, 2.24) is 0 Å².